The van der Waals surface area contributed by atoms with Gasteiger partial charge in [0.2, 0.25) is 0 Å². The standard InChI is InChI=1S/C17H13FN2O4S/c1-10-4-2-6-13(15(10)17(21)22)20-25(23,24)14-8-7-12(18)16-11(14)5-3-9-19-16/h2-9,20H,1H3,(H,21,22). The molecule has 0 fully saturated rings. The van der Waals surface area contributed by atoms with Gasteiger partial charge in [0.25, 0.3) is 10.0 Å². The molecule has 8 heteroatoms. The van der Waals surface area contributed by atoms with Crippen molar-refractivity contribution in [3.8, 4) is 0 Å². The summed E-state index contributed by atoms with van der Waals surface area (Å²) in [6.07, 6.45) is 1.36. The molecule has 128 valence electrons. The number of hydrogen-bond acceptors (Lipinski definition) is 4. The molecule has 0 spiro atoms. The molecule has 0 amide bonds. The number of aromatic nitrogens is 1. The number of rotatable bonds is 4. The highest BCUT2D eigenvalue weighted by atomic mass is 32.2. The fourth-order valence-electron chi connectivity index (χ4n) is 2.58. The van der Waals surface area contributed by atoms with E-state index >= 15 is 0 Å². The largest absolute Gasteiger partial charge is 0.478 e. The van der Waals surface area contributed by atoms with Crippen LogP contribution in [0.1, 0.15) is 15.9 Å². The zero-order valence-corrected chi connectivity index (χ0v) is 13.8. The van der Waals surface area contributed by atoms with E-state index in [2.05, 4.69) is 9.71 Å². The molecule has 6 nitrogen and oxygen atoms in total. The molecule has 0 aliphatic heterocycles. The zero-order valence-electron chi connectivity index (χ0n) is 13.0. The van der Waals surface area contributed by atoms with Crippen LogP contribution in [0.25, 0.3) is 10.9 Å². The minimum Gasteiger partial charge on any atom is -0.478 e. The van der Waals surface area contributed by atoms with Crippen LogP contribution >= 0.6 is 0 Å². The second kappa shape index (κ2) is 6.14. The van der Waals surface area contributed by atoms with Crippen molar-refractivity contribution in [1.29, 1.82) is 0 Å². The topological polar surface area (TPSA) is 96.4 Å². The molecule has 0 radical (unpaired) electrons. The van der Waals surface area contributed by atoms with Crippen molar-refractivity contribution >= 4 is 32.6 Å². The van der Waals surface area contributed by atoms with Crippen LogP contribution in [-0.2, 0) is 10.0 Å². The predicted octanol–water partition coefficient (Wildman–Crippen LogP) is 3.18. The molecule has 3 aromatic rings. The number of sulfonamides is 1. The van der Waals surface area contributed by atoms with Crippen LogP contribution in [-0.4, -0.2) is 24.5 Å². The molecular formula is C17H13FN2O4S. The number of hydrogen-bond donors (Lipinski definition) is 2. The van der Waals surface area contributed by atoms with Crippen LogP contribution in [0.5, 0.6) is 0 Å². The van der Waals surface area contributed by atoms with Gasteiger partial charge in [-0.1, -0.05) is 12.1 Å². The lowest BCUT2D eigenvalue weighted by atomic mass is 10.1. The van der Waals surface area contributed by atoms with Gasteiger partial charge in [-0.05, 0) is 42.8 Å². The van der Waals surface area contributed by atoms with Crippen LogP contribution in [0.3, 0.4) is 0 Å². The number of nitrogens with zero attached hydrogens (tertiary/aromatic N) is 1. The first kappa shape index (κ1) is 16.8. The molecule has 1 heterocycles. The van der Waals surface area contributed by atoms with Gasteiger partial charge >= 0.3 is 5.97 Å². The summed E-state index contributed by atoms with van der Waals surface area (Å²) in [6, 6.07) is 9.54. The van der Waals surface area contributed by atoms with Crippen molar-refractivity contribution < 1.29 is 22.7 Å². The van der Waals surface area contributed by atoms with Gasteiger partial charge in [0.05, 0.1) is 16.1 Å². The monoisotopic (exact) mass is 360 g/mol. The Kier molecular flexibility index (Phi) is 4.13. The Hall–Kier alpha value is -3.00. The second-order valence-corrected chi connectivity index (χ2v) is 7.00. The summed E-state index contributed by atoms with van der Waals surface area (Å²) in [6.45, 7) is 1.57. The molecular weight excluding hydrogens is 347 g/mol. The Bertz CT molecular complexity index is 1100. The first-order valence-electron chi connectivity index (χ1n) is 7.20. The summed E-state index contributed by atoms with van der Waals surface area (Å²) in [5.41, 5.74) is 0.135. The molecule has 0 bridgehead atoms. The second-order valence-electron chi connectivity index (χ2n) is 5.35. The van der Waals surface area contributed by atoms with Crippen molar-refractivity contribution in [3.05, 3.63) is 65.6 Å². The summed E-state index contributed by atoms with van der Waals surface area (Å²) in [5.74, 6) is -1.89. The molecule has 0 aliphatic carbocycles. The number of nitrogens with one attached hydrogen (secondary N) is 1. The summed E-state index contributed by atoms with van der Waals surface area (Å²) in [4.78, 5) is 15.1. The SMILES string of the molecule is Cc1cccc(NS(=O)(=O)c2ccc(F)c3ncccc23)c1C(=O)O. The Morgan fingerprint density at radius 2 is 1.92 bits per heavy atom. The molecule has 0 aliphatic rings. The molecule has 0 atom stereocenters. The maximum absolute atomic E-state index is 13.8. The molecule has 25 heavy (non-hydrogen) atoms. The average molecular weight is 360 g/mol. The summed E-state index contributed by atoms with van der Waals surface area (Å²) in [5, 5.41) is 9.44. The van der Waals surface area contributed by atoms with E-state index in [9.17, 15) is 22.7 Å². The molecule has 2 N–H and O–H groups in total. The number of aryl methyl sites for hydroxylation is 1. The van der Waals surface area contributed by atoms with E-state index in [1.54, 1.807) is 19.1 Å². The molecule has 0 saturated heterocycles. The average Bonchev–Trinajstić information content (AvgIpc) is 2.54. The van der Waals surface area contributed by atoms with Gasteiger partial charge in [-0.15, -0.1) is 0 Å². The number of carboxylic acids is 1. The van der Waals surface area contributed by atoms with E-state index in [0.717, 1.165) is 12.1 Å². The number of pyridine rings is 1. The summed E-state index contributed by atoms with van der Waals surface area (Å²) < 4.78 is 41.6. The van der Waals surface area contributed by atoms with Gasteiger partial charge in [0.15, 0.2) is 0 Å². The third-order valence-electron chi connectivity index (χ3n) is 3.70. The van der Waals surface area contributed by atoms with E-state index in [4.69, 9.17) is 0 Å². The predicted molar refractivity (Wildman–Crippen MR) is 90.6 cm³/mol. The molecule has 2 aromatic carbocycles. The van der Waals surface area contributed by atoms with Crippen LogP contribution < -0.4 is 4.72 Å². The zero-order chi connectivity index (χ0) is 18.2. The molecule has 1 aromatic heterocycles. The third-order valence-corrected chi connectivity index (χ3v) is 5.12. The number of carbonyl (C=O) groups is 1. The maximum Gasteiger partial charge on any atom is 0.338 e. The third kappa shape index (κ3) is 3.03. The van der Waals surface area contributed by atoms with Gasteiger partial charge < -0.3 is 5.11 Å². The highest BCUT2D eigenvalue weighted by Crippen LogP contribution is 2.27. The Balaban J connectivity index is 2.16. The van der Waals surface area contributed by atoms with Crippen molar-refractivity contribution in [2.45, 2.75) is 11.8 Å². The Labute approximate surface area is 143 Å². The van der Waals surface area contributed by atoms with E-state index in [-0.39, 0.29) is 27.0 Å². The number of anilines is 1. The van der Waals surface area contributed by atoms with E-state index < -0.39 is 21.8 Å². The molecule has 0 saturated carbocycles. The van der Waals surface area contributed by atoms with Gasteiger partial charge in [-0.2, -0.15) is 0 Å². The maximum atomic E-state index is 13.8. The summed E-state index contributed by atoms with van der Waals surface area (Å²) >= 11 is 0. The lowest BCUT2D eigenvalue weighted by Crippen LogP contribution is -2.17. The number of aromatic carboxylic acids is 1. The first-order valence-corrected chi connectivity index (χ1v) is 8.68. The quantitative estimate of drug-likeness (QED) is 0.745. The van der Waals surface area contributed by atoms with Gasteiger partial charge in [-0.25, -0.2) is 17.6 Å². The molecule has 0 unspecified atom stereocenters. The molecule has 3 rings (SSSR count). The van der Waals surface area contributed by atoms with Crippen LogP contribution in [0.4, 0.5) is 10.1 Å². The highest BCUT2D eigenvalue weighted by molar-refractivity contribution is 7.93. The van der Waals surface area contributed by atoms with Gasteiger partial charge in [0.1, 0.15) is 11.3 Å². The first-order chi connectivity index (χ1) is 11.8. The number of fused-ring (bicyclic) bond motifs is 1. The lowest BCUT2D eigenvalue weighted by molar-refractivity contribution is 0.0697. The van der Waals surface area contributed by atoms with E-state index in [1.165, 1.54) is 24.4 Å². The fraction of sp³-hybridized carbons (Fsp3) is 0.0588. The Morgan fingerprint density at radius 3 is 2.64 bits per heavy atom. The Morgan fingerprint density at radius 1 is 1.16 bits per heavy atom. The number of carboxylic acid groups (broad SMARTS) is 1. The van der Waals surface area contributed by atoms with E-state index in [1.807, 2.05) is 0 Å². The lowest BCUT2D eigenvalue weighted by Gasteiger charge is -2.13. The van der Waals surface area contributed by atoms with Crippen LogP contribution in [0.15, 0.2) is 53.6 Å². The van der Waals surface area contributed by atoms with Crippen LogP contribution in [0, 0.1) is 12.7 Å². The minimum atomic E-state index is -4.15. The smallest absolute Gasteiger partial charge is 0.338 e. The summed E-state index contributed by atoms with van der Waals surface area (Å²) in [7, 11) is -4.15. The number of benzene rings is 2. The number of halogens is 1. The highest BCUT2D eigenvalue weighted by Gasteiger charge is 2.22. The normalized spacial score (nSPS) is 11.4. The van der Waals surface area contributed by atoms with Crippen molar-refractivity contribution in [2.24, 2.45) is 0 Å². The van der Waals surface area contributed by atoms with Gasteiger partial charge in [-0.3, -0.25) is 9.71 Å². The van der Waals surface area contributed by atoms with E-state index in [0.29, 0.717) is 5.56 Å². The van der Waals surface area contributed by atoms with Crippen molar-refractivity contribution in [1.82, 2.24) is 4.98 Å². The van der Waals surface area contributed by atoms with Gasteiger partial charge in [0, 0.05) is 11.6 Å². The minimum absolute atomic E-state index is 0.0612. The van der Waals surface area contributed by atoms with Crippen molar-refractivity contribution in [2.75, 3.05) is 4.72 Å². The van der Waals surface area contributed by atoms with Crippen LogP contribution in [0.2, 0.25) is 0 Å². The fourth-order valence-corrected chi connectivity index (χ4v) is 3.85. The van der Waals surface area contributed by atoms with Crippen molar-refractivity contribution in [3.63, 3.8) is 0 Å².